The maximum atomic E-state index is 14.3. The Hall–Kier alpha value is -3.54. The van der Waals surface area contributed by atoms with E-state index in [1.165, 1.54) is 18.2 Å². The second-order valence-electron chi connectivity index (χ2n) is 7.15. The summed E-state index contributed by atoms with van der Waals surface area (Å²) in [6.45, 7) is -0.0434. The van der Waals surface area contributed by atoms with Crippen molar-refractivity contribution in [2.75, 3.05) is 5.32 Å². The van der Waals surface area contributed by atoms with Gasteiger partial charge in [0.1, 0.15) is 16.8 Å². The van der Waals surface area contributed by atoms with Gasteiger partial charge >= 0.3 is 0 Å². The molecule has 0 unspecified atom stereocenters. The summed E-state index contributed by atoms with van der Waals surface area (Å²) in [6.07, 6.45) is 0.159. The Morgan fingerprint density at radius 3 is 2.32 bits per heavy atom. The quantitative estimate of drug-likeness (QED) is 0.680. The summed E-state index contributed by atoms with van der Waals surface area (Å²) in [4.78, 5) is 12.7. The summed E-state index contributed by atoms with van der Waals surface area (Å²) in [5, 5.41) is 11.6. The Morgan fingerprint density at radius 2 is 1.65 bits per heavy atom. The van der Waals surface area contributed by atoms with E-state index in [1.807, 2.05) is 18.2 Å². The Bertz CT molecular complexity index is 1280. The van der Waals surface area contributed by atoms with Gasteiger partial charge in [-0.25, -0.2) is 12.8 Å². The molecule has 8 heteroatoms. The summed E-state index contributed by atoms with van der Waals surface area (Å²) in [5.41, 5.74) is 2.51. The van der Waals surface area contributed by atoms with Gasteiger partial charge in [0.25, 0.3) is 0 Å². The van der Waals surface area contributed by atoms with Gasteiger partial charge in [0.05, 0.1) is 11.6 Å². The molecular formula is C23H18FN3O3S. The van der Waals surface area contributed by atoms with Crippen LogP contribution in [0.3, 0.4) is 0 Å². The molecule has 31 heavy (non-hydrogen) atoms. The number of amides is 1. The summed E-state index contributed by atoms with van der Waals surface area (Å²) >= 11 is 0. The average Bonchev–Trinajstić information content (AvgIpc) is 2.79. The Morgan fingerprint density at radius 1 is 1.00 bits per heavy atom. The number of hydrogen-bond donors (Lipinski definition) is 1. The maximum absolute atomic E-state index is 14.3. The standard InChI is InChI=1S/C23H18FN3O3S/c24-20-7-3-4-8-22(20)31(29,30)27-15-18-6-2-1-5-17(18)13-21(27)23(28)26-19-11-9-16(14-25)10-12-19/h1-12,21H,13,15H2,(H,26,28)/t21-/m1/s1. The van der Waals surface area contributed by atoms with Crippen molar-refractivity contribution in [3.8, 4) is 6.07 Å². The zero-order valence-corrected chi connectivity index (χ0v) is 17.1. The third kappa shape index (κ3) is 4.06. The van der Waals surface area contributed by atoms with Crippen LogP contribution < -0.4 is 5.32 Å². The van der Waals surface area contributed by atoms with Crippen molar-refractivity contribution in [3.63, 3.8) is 0 Å². The SMILES string of the molecule is N#Cc1ccc(NC(=O)[C@H]2Cc3ccccc3CN2S(=O)(=O)c2ccccc2F)cc1. The molecule has 0 radical (unpaired) electrons. The van der Waals surface area contributed by atoms with Gasteiger partial charge in [-0.1, -0.05) is 36.4 Å². The zero-order valence-electron chi connectivity index (χ0n) is 16.3. The molecule has 0 bridgehead atoms. The van der Waals surface area contributed by atoms with Crippen LogP contribution in [0.15, 0.2) is 77.7 Å². The largest absolute Gasteiger partial charge is 0.325 e. The van der Waals surface area contributed by atoms with Gasteiger partial charge in [-0.3, -0.25) is 4.79 Å². The van der Waals surface area contributed by atoms with Gasteiger partial charge in [0.15, 0.2) is 0 Å². The lowest BCUT2D eigenvalue weighted by molar-refractivity contribution is -0.120. The van der Waals surface area contributed by atoms with E-state index in [-0.39, 0.29) is 13.0 Å². The molecule has 6 nitrogen and oxygen atoms in total. The van der Waals surface area contributed by atoms with E-state index >= 15 is 0 Å². The molecule has 4 rings (SSSR count). The van der Waals surface area contributed by atoms with E-state index in [4.69, 9.17) is 5.26 Å². The molecular weight excluding hydrogens is 417 g/mol. The average molecular weight is 435 g/mol. The van der Waals surface area contributed by atoms with E-state index in [2.05, 4.69) is 5.32 Å². The number of nitrogens with zero attached hydrogens (tertiary/aromatic N) is 2. The van der Waals surface area contributed by atoms with Gasteiger partial charge in [0.2, 0.25) is 15.9 Å². The third-order valence-corrected chi connectivity index (χ3v) is 7.10. The molecule has 3 aromatic carbocycles. The first-order valence-electron chi connectivity index (χ1n) is 9.54. The Balaban J connectivity index is 1.71. The highest BCUT2D eigenvalue weighted by Crippen LogP contribution is 2.30. The van der Waals surface area contributed by atoms with Gasteiger partial charge in [0, 0.05) is 12.2 Å². The van der Waals surface area contributed by atoms with E-state index in [1.54, 1.807) is 36.4 Å². The van der Waals surface area contributed by atoms with Crippen LogP contribution in [0.5, 0.6) is 0 Å². The zero-order chi connectivity index (χ0) is 22.0. The smallest absolute Gasteiger partial charge is 0.247 e. The highest BCUT2D eigenvalue weighted by Gasteiger charge is 2.40. The normalized spacial score (nSPS) is 16.2. The van der Waals surface area contributed by atoms with Crippen molar-refractivity contribution >= 4 is 21.6 Å². The van der Waals surface area contributed by atoms with Gasteiger partial charge in [-0.15, -0.1) is 0 Å². The first kappa shape index (κ1) is 20.7. The molecule has 1 atom stereocenters. The Kier molecular flexibility index (Phi) is 5.55. The minimum atomic E-state index is -4.28. The van der Waals surface area contributed by atoms with E-state index in [0.29, 0.717) is 11.3 Å². The Labute approximate surface area is 179 Å². The van der Waals surface area contributed by atoms with Crippen molar-refractivity contribution < 1.29 is 17.6 Å². The topological polar surface area (TPSA) is 90.3 Å². The molecule has 0 spiro atoms. The number of carbonyl (C=O) groups is 1. The number of nitrogens with one attached hydrogen (secondary N) is 1. The summed E-state index contributed by atoms with van der Waals surface area (Å²) in [6, 6.07) is 19.6. The van der Waals surface area contributed by atoms with Gasteiger partial charge in [-0.05, 0) is 53.9 Å². The molecule has 0 saturated heterocycles. The molecule has 0 aliphatic carbocycles. The van der Waals surface area contributed by atoms with Crippen LogP contribution in [0.1, 0.15) is 16.7 Å². The number of sulfonamides is 1. The highest BCUT2D eigenvalue weighted by atomic mass is 32.2. The summed E-state index contributed by atoms with van der Waals surface area (Å²) < 4.78 is 42.1. The number of halogens is 1. The van der Waals surface area contributed by atoms with E-state index < -0.39 is 32.7 Å². The molecule has 0 saturated carbocycles. The number of nitriles is 1. The molecule has 1 N–H and O–H groups in total. The fraction of sp³-hybridized carbons (Fsp3) is 0.130. The van der Waals surface area contributed by atoms with Crippen molar-refractivity contribution in [2.24, 2.45) is 0 Å². The van der Waals surface area contributed by atoms with Crippen molar-refractivity contribution in [3.05, 3.63) is 95.3 Å². The fourth-order valence-corrected chi connectivity index (χ4v) is 5.24. The summed E-state index contributed by atoms with van der Waals surface area (Å²) in [5.74, 6) is -1.40. The minimum absolute atomic E-state index is 0.0434. The number of rotatable bonds is 4. The van der Waals surface area contributed by atoms with E-state index in [9.17, 15) is 17.6 Å². The lowest BCUT2D eigenvalue weighted by atomic mass is 9.95. The monoisotopic (exact) mass is 435 g/mol. The van der Waals surface area contributed by atoms with Crippen LogP contribution in [0, 0.1) is 17.1 Å². The third-order valence-electron chi connectivity index (χ3n) is 5.21. The molecule has 1 aliphatic heterocycles. The van der Waals surface area contributed by atoms with Crippen molar-refractivity contribution in [1.29, 1.82) is 5.26 Å². The molecule has 0 aromatic heterocycles. The number of carbonyl (C=O) groups excluding carboxylic acids is 1. The summed E-state index contributed by atoms with van der Waals surface area (Å²) in [7, 11) is -4.28. The highest BCUT2D eigenvalue weighted by molar-refractivity contribution is 7.89. The lowest BCUT2D eigenvalue weighted by Crippen LogP contribution is -2.50. The van der Waals surface area contributed by atoms with E-state index in [0.717, 1.165) is 21.5 Å². The van der Waals surface area contributed by atoms with Crippen LogP contribution >= 0.6 is 0 Å². The van der Waals surface area contributed by atoms with Crippen LogP contribution in [-0.2, 0) is 27.8 Å². The molecule has 0 fully saturated rings. The number of fused-ring (bicyclic) bond motifs is 1. The lowest BCUT2D eigenvalue weighted by Gasteiger charge is -2.35. The second kappa shape index (κ2) is 8.30. The predicted molar refractivity (Wildman–Crippen MR) is 113 cm³/mol. The molecule has 1 aliphatic rings. The molecule has 3 aromatic rings. The first-order valence-corrected chi connectivity index (χ1v) is 11.0. The number of anilines is 1. The second-order valence-corrected chi connectivity index (χ2v) is 9.01. The first-order chi connectivity index (χ1) is 14.9. The molecule has 156 valence electrons. The minimum Gasteiger partial charge on any atom is -0.325 e. The predicted octanol–water partition coefficient (Wildman–Crippen LogP) is 3.45. The van der Waals surface area contributed by atoms with Crippen LogP contribution in [0.4, 0.5) is 10.1 Å². The molecule has 1 amide bonds. The van der Waals surface area contributed by atoms with Crippen LogP contribution in [-0.4, -0.2) is 24.7 Å². The maximum Gasteiger partial charge on any atom is 0.247 e. The van der Waals surface area contributed by atoms with Crippen LogP contribution in [0.2, 0.25) is 0 Å². The fourth-order valence-electron chi connectivity index (χ4n) is 3.61. The molecule has 1 heterocycles. The number of benzene rings is 3. The number of hydrogen-bond acceptors (Lipinski definition) is 4. The van der Waals surface area contributed by atoms with Gasteiger partial charge < -0.3 is 5.32 Å². The van der Waals surface area contributed by atoms with Crippen molar-refractivity contribution in [1.82, 2.24) is 4.31 Å². The van der Waals surface area contributed by atoms with Gasteiger partial charge in [-0.2, -0.15) is 9.57 Å². The van der Waals surface area contributed by atoms with Crippen molar-refractivity contribution in [2.45, 2.75) is 23.9 Å². The van der Waals surface area contributed by atoms with Crippen LogP contribution in [0.25, 0.3) is 0 Å².